The Bertz CT molecular complexity index is 5690. The quantitative estimate of drug-likeness (QED) is 0.103. The fraction of sp³-hybridized carbons (Fsp3) is 0.175. The Hall–Kier alpha value is -12.6. The molecule has 8 aromatic carbocycles. The van der Waals surface area contributed by atoms with Crippen LogP contribution in [0.1, 0.15) is 76.5 Å². The molecular weight excluding hydrogens is 1270 g/mol. The summed E-state index contributed by atoms with van der Waals surface area (Å²) in [5.41, 5.74) is -1.65. The second-order valence-electron chi connectivity index (χ2n) is 27.6. The molecule has 2 saturated carbocycles. The number of benzene rings is 8. The van der Waals surface area contributed by atoms with E-state index in [0.717, 1.165) is 42.2 Å². The lowest BCUT2D eigenvalue weighted by Crippen LogP contribution is -2.32. The van der Waals surface area contributed by atoms with Crippen molar-refractivity contribution in [3.05, 3.63) is 288 Å². The molecule has 7 heterocycles. The third-order valence-corrected chi connectivity index (χ3v) is 22.3. The molecule has 6 aliphatic heterocycles. The minimum absolute atomic E-state index is 0.0253. The van der Waals surface area contributed by atoms with Crippen LogP contribution in [0.15, 0.2) is 211 Å². The molecule has 1 aromatic heterocycles. The average molecular weight is 1320 g/mol. The van der Waals surface area contributed by atoms with Crippen molar-refractivity contribution in [2.45, 2.75) is 38.5 Å². The zero-order valence-electron chi connectivity index (χ0n) is 52.6. The Morgan fingerprint density at radius 2 is 0.520 bits per heavy atom. The van der Waals surface area contributed by atoms with E-state index in [4.69, 9.17) is 0 Å². The first-order valence-electron chi connectivity index (χ1n) is 33.1. The minimum Gasteiger partial charge on any atom is -0.289 e. The van der Waals surface area contributed by atoms with E-state index in [-0.39, 0.29) is 171 Å². The van der Waals surface area contributed by atoms with Crippen LogP contribution in [0.5, 0.6) is 0 Å². The van der Waals surface area contributed by atoms with Gasteiger partial charge in [0.2, 0.25) is 23.6 Å². The van der Waals surface area contributed by atoms with E-state index in [2.05, 4.69) is 0 Å². The number of allylic oxidation sites excluding steroid dienone is 4. The summed E-state index contributed by atoms with van der Waals surface area (Å²) in [6.07, 6.45) is 10.8. The van der Waals surface area contributed by atoms with Crippen LogP contribution in [0.4, 0.5) is 11.4 Å². The van der Waals surface area contributed by atoms with Crippen LogP contribution in [-0.2, 0) is 44.9 Å². The van der Waals surface area contributed by atoms with E-state index in [9.17, 15) is 67.1 Å². The number of carbonyl (C=O) groups is 8. The van der Waals surface area contributed by atoms with Gasteiger partial charge in [0, 0.05) is 21.5 Å². The Kier molecular flexibility index (Phi) is 12.3. The molecule has 100 heavy (non-hydrogen) atoms. The normalized spacial score (nSPS) is 22.0. The molecule has 0 spiro atoms. The van der Waals surface area contributed by atoms with E-state index in [1.165, 1.54) is 94.7 Å². The molecule has 20 heteroatoms. The third-order valence-electron chi connectivity index (χ3n) is 22.3. The monoisotopic (exact) mass is 1320 g/mol. The number of aromatic nitrogens is 4. The molecule has 19 rings (SSSR count). The van der Waals surface area contributed by atoms with Crippen molar-refractivity contribution in [3.63, 3.8) is 0 Å². The highest BCUT2D eigenvalue weighted by Gasteiger charge is 2.61. The minimum atomic E-state index is -0.836. The van der Waals surface area contributed by atoms with Crippen molar-refractivity contribution in [2.75, 3.05) is 9.80 Å². The predicted octanol–water partition coefficient (Wildman–Crippen LogP) is 8.11. The van der Waals surface area contributed by atoms with Crippen molar-refractivity contribution >= 4 is 124 Å². The lowest BCUT2D eigenvalue weighted by Gasteiger charge is -2.17. The Labute approximate surface area is 561 Å². The number of aryl methyl sites for hydroxylation is 4. The van der Waals surface area contributed by atoms with Crippen LogP contribution in [0.25, 0.3) is 65.2 Å². The standard InChI is InChI=1S/C80H50N6O14/c87-67-45-13-21-55-59(31-45)73(93)83(69(55)89)51-25-39(3-1-37-5-17-49(18-6-37)81-77(97)63-41-9-10-42(29-41)64(63)78(81)98)26-52(35-51)84-70(90)56-22-14-46(32-60(56)74(84)94)68(88)48-16-24-58-62(34-48)76(96)86(72(58)92)54-28-40(27-53(36-54)85-71(91)57-23-15-47(67)33-61(57)75(85)95)4-2-38-7-19-50(20-8-38)82-79(99)65-43-11-12-44(30-43)66(65)80(82)100/h5-28,31-36,41-44,63-66H,1-4,29-30H2. The van der Waals surface area contributed by atoms with Crippen molar-refractivity contribution in [2.24, 2.45) is 47.3 Å². The van der Waals surface area contributed by atoms with Crippen LogP contribution in [0.2, 0.25) is 0 Å². The summed E-state index contributed by atoms with van der Waals surface area (Å²) in [7, 11) is 0. The van der Waals surface area contributed by atoms with Crippen molar-refractivity contribution in [1.82, 2.24) is 18.3 Å². The zero-order chi connectivity index (χ0) is 68.3. The van der Waals surface area contributed by atoms with Gasteiger partial charge in [0.1, 0.15) is 0 Å². The number of amides is 4. The zero-order valence-corrected chi connectivity index (χ0v) is 52.6. The van der Waals surface area contributed by atoms with Gasteiger partial charge in [-0.05, 0) is 194 Å². The highest BCUT2D eigenvalue weighted by Crippen LogP contribution is 2.54. The maximum Gasteiger partial charge on any atom is 0.266 e. The van der Waals surface area contributed by atoms with Crippen LogP contribution >= 0.6 is 0 Å². The van der Waals surface area contributed by atoms with E-state index in [1.54, 1.807) is 72.8 Å². The molecule has 8 atom stereocenters. The largest absolute Gasteiger partial charge is 0.289 e. The maximum atomic E-state index is 14.8. The number of nitrogens with zero attached hydrogens (tertiary/aromatic N) is 6. The maximum absolute atomic E-state index is 14.8. The van der Waals surface area contributed by atoms with Gasteiger partial charge in [-0.2, -0.15) is 0 Å². The second kappa shape index (κ2) is 21.0. The number of hydrogen-bond donors (Lipinski definition) is 0. The summed E-state index contributed by atoms with van der Waals surface area (Å²) in [5, 5.41) is -0.820. The van der Waals surface area contributed by atoms with Gasteiger partial charge in [-0.3, -0.25) is 76.9 Å². The van der Waals surface area contributed by atoms with Crippen LogP contribution in [0, 0.1) is 47.3 Å². The van der Waals surface area contributed by atoms with Crippen LogP contribution < -0.4 is 42.9 Å². The number of rotatable bonds is 8. The summed E-state index contributed by atoms with van der Waals surface area (Å²) in [6.45, 7) is 0. The first-order chi connectivity index (χ1) is 48.3. The first kappa shape index (κ1) is 58.7. The van der Waals surface area contributed by atoms with Gasteiger partial charge >= 0.3 is 0 Å². The Balaban J connectivity index is 0.756. The summed E-state index contributed by atoms with van der Waals surface area (Å²) in [5.74, 6) is -5.33. The molecule has 8 unspecified atom stereocenters. The highest BCUT2D eigenvalue weighted by atomic mass is 16.2. The molecule has 4 amide bonds. The highest BCUT2D eigenvalue weighted by molar-refractivity contribution is 6.24. The molecule has 20 bridgehead atoms. The van der Waals surface area contributed by atoms with Gasteiger partial charge in [0.05, 0.1) is 101 Å². The van der Waals surface area contributed by atoms with Gasteiger partial charge in [-0.15, -0.1) is 0 Å². The number of hydrogen-bond acceptors (Lipinski definition) is 14. The lowest BCUT2D eigenvalue weighted by molar-refractivity contribution is -0.124. The average Bonchev–Trinajstić information content (AvgIpc) is 1.59. The van der Waals surface area contributed by atoms with E-state index >= 15 is 0 Å². The Morgan fingerprint density at radius 1 is 0.270 bits per heavy atom. The van der Waals surface area contributed by atoms with Gasteiger partial charge in [0.25, 0.3) is 45.9 Å². The molecule has 20 nitrogen and oxygen atoms in total. The molecule has 0 N–H and O–H groups in total. The van der Waals surface area contributed by atoms with Gasteiger partial charge in [0.15, 0.2) is 10.9 Å². The molecule has 0 radical (unpaired) electrons. The van der Waals surface area contributed by atoms with E-state index in [0.29, 0.717) is 35.3 Å². The number of carbonyl (C=O) groups excluding carboxylic acids is 8. The fourth-order valence-electron chi connectivity index (χ4n) is 17.4. The topological polar surface area (TPSA) is 265 Å². The van der Waals surface area contributed by atoms with Crippen LogP contribution in [0.3, 0.4) is 0 Å². The number of fused-ring (bicyclic) bond motifs is 26. The van der Waals surface area contributed by atoms with Gasteiger partial charge < -0.3 is 0 Å². The predicted molar refractivity (Wildman–Crippen MR) is 370 cm³/mol. The third kappa shape index (κ3) is 8.26. The van der Waals surface area contributed by atoms with Crippen molar-refractivity contribution < 1.29 is 38.4 Å². The Morgan fingerprint density at radius 3 is 0.780 bits per heavy atom. The van der Waals surface area contributed by atoms with E-state index in [1.807, 2.05) is 24.3 Å². The smallest absolute Gasteiger partial charge is 0.266 e. The van der Waals surface area contributed by atoms with Crippen LogP contribution in [-0.4, -0.2) is 65.5 Å². The second-order valence-corrected chi connectivity index (χ2v) is 27.6. The summed E-state index contributed by atoms with van der Waals surface area (Å²) in [4.78, 5) is 204. The summed E-state index contributed by atoms with van der Waals surface area (Å²) in [6, 6.07) is 38.8. The lowest BCUT2D eigenvalue weighted by atomic mass is 9.85. The molecule has 484 valence electrons. The molecular formula is C80H50N6O14. The molecule has 9 aromatic rings. The van der Waals surface area contributed by atoms with E-state index < -0.39 is 56.7 Å². The summed E-state index contributed by atoms with van der Waals surface area (Å²) < 4.78 is 3.55. The molecule has 2 saturated heterocycles. The molecule has 10 aliphatic rings. The first-order valence-corrected chi connectivity index (χ1v) is 33.1. The van der Waals surface area contributed by atoms with Crippen molar-refractivity contribution in [3.8, 4) is 0 Å². The number of imide groups is 2. The molecule has 4 aliphatic carbocycles. The van der Waals surface area contributed by atoms with Crippen molar-refractivity contribution in [1.29, 1.82) is 0 Å². The number of anilines is 2. The summed E-state index contributed by atoms with van der Waals surface area (Å²) >= 11 is 0. The SMILES string of the molecule is O=C1C2C3C=CC(C3)C2C(=O)N1c1ccc(CCc2cc3cc(c2)n2c(=O)c4cc(ccc4C2=O)c(=O)c2ccc4c(c2)c(=O)n(c2cc(CCc5ccc(N6C(=O)C7C8C=CC(C8)C7C6=O)cc5)cc(c2)n2c(=O)c5cc(ccc5C2=O)c(=O)c2ccc5c(c2)c(=O)n3C5=O)C4=O)cc1. The molecule has 4 fully saturated rings. The van der Waals surface area contributed by atoms with Gasteiger partial charge in [-0.1, -0.05) is 72.8 Å². The van der Waals surface area contributed by atoms with Gasteiger partial charge in [-0.25, -0.2) is 18.3 Å². The fourth-order valence-corrected chi connectivity index (χ4v) is 17.4.